The van der Waals surface area contributed by atoms with E-state index in [9.17, 15) is 15.0 Å². The maximum atomic E-state index is 12.2. The van der Waals surface area contributed by atoms with Gasteiger partial charge in [0.05, 0.1) is 11.8 Å². The molecule has 2 aromatic rings. The molecule has 28 heavy (non-hydrogen) atoms. The van der Waals surface area contributed by atoms with E-state index in [0.29, 0.717) is 38.4 Å². The van der Waals surface area contributed by atoms with Crippen LogP contribution in [0, 0.1) is 11.3 Å². The Labute approximate surface area is 166 Å². The minimum Gasteiger partial charge on any atom is -0.481 e. The van der Waals surface area contributed by atoms with Crippen LogP contribution >= 0.6 is 0 Å². The first-order valence-corrected chi connectivity index (χ1v) is 10.0. The number of aromatic nitrogens is 2. The van der Waals surface area contributed by atoms with Gasteiger partial charge in [0, 0.05) is 44.0 Å². The second-order valence-electron chi connectivity index (χ2n) is 8.45. The molecule has 0 amide bonds. The number of carboxylic acids is 1. The zero-order valence-corrected chi connectivity index (χ0v) is 17.0. The zero-order valence-electron chi connectivity index (χ0n) is 17.0. The van der Waals surface area contributed by atoms with E-state index in [1.165, 1.54) is 0 Å². The summed E-state index contributed by atoms with van der Waals surface area (Å²) in [6, 6.07) is 10.0. The molecule has 1 aromatic carbocycles. The summed E-state index contributed by atoms with van der Waals surface area (Å²) in [4.78, 5) is 14.3. The van der Waals surface area contributed by atoms with Gasteiger partial charge >= 0.3 is 5.97 Å². The molecule has 2 N–H and O–H groups in total. The molecule has 0 spiro atoms. The summed E-state index contributed by atoms with van der Waals surface area (Å²) < 4.78 is 1.81. The Hall–Kier alpha value is -2.18. The van der Waals surface area contributed by atoms with Gasteiger partial charge in [0.15, 0.2) is 0 Å². The van der Waals surface area contributed by atoms with Crippen LogP contribution in [-0.4, -0.2) is 50.1 Å². The van der Waals surface area contributed by atoms with Gasteiger partial charge in [-0.3, -0.25) is 14.4 Å². The number of aliphatic carboxylic acids is 1. The van der Waals surface area contributed by atoms with E-state index in [-0.39, 0.29) is 0 Å². The third-order valence-electron chi connectivity index (χ3n) is 5.80. The van der Waals surface area contributed by atoms with E-state index in [4.69, 9.17) is 0 Å². The summed E-state index contributed by atoms with van der Waals surface area (Å²) in [6.07, 6.45) is 2.97. The van der Waals surface area contributed by atoms with Crippen LogP contribution < -0.4 is 0 Å². The van der Waals surface area contributed by atoms with Crippen molar-refractivity contribution in [3.05, 3.63) is 42.1 Å². The van der Waals surface area contributed by atoms with Crippen molar-refractivity contribution in [3.8, 4) is 11.3 Å². The third kappa shape index (κ3) is 4.28. The van der Waals surface area contributed by atoms with Crippen molar-refractivity contribution in [3.63, 3.8) is 0 Å². The van der Waals surface area contributed by atoms with Crippen molar-refractivity contribution < 1.29 is 15.0 Å². The summed E-state index contributed by atoms with van der Waals surface area (Å²) in [6.45, 7) is 5.84. The number of carbonyl (C=O) groups is 1. The quantitative estimate of drug-likeness (QED) is 0.765. The Morgan fingerprint density at radius 3 is 2.68 bits per heavy atom. The number of aryl methyl sites for hydroxylation is 1. The summed E-state index contributed by atoms with van der Waals surface area (Å²) >= 11 is 0. The molecule has 1 aromatic heterocycles. The van der Waals surface area contributed by atoms with E-state index in [1.807, 2.05) is 43.6 Å². The molecule has 1 fully saturated rings. The number of hydrogen-bond donors (Lipinski definition) is 2. The highest BCUT2D eigenvalue weighted by atomic mass is 16.4. The molecule has 0 bridgehead atoms. The molecule has 0 unspecified atom stereocenters. The fraction of sp³-hybridized carbons (Fsp3) is 0.545. The first kappa shape index (κ1) is 20.6. The van der Waals surface area contributed by atoms with Crippen LogP contribution in [0.1, 0.15) is 38.7 Å². The minimum atomic E-state index is -1.10. The van der Waals surface area contributed by atoms with Crippen molar-refractivity contribution >= 4 is 5.97 Å². The first-order valence-electron chi connectivity index (χ1n) is 10.0. The molecule has 2 atom stereocenters. The van der Waals surface area contributed by atoms with E-state index in [2.05, 4.69) is 23.8 Å². The van der Waals surface area contributed by atoms with Gasteiger partial charge in [-0.15, -0.1) is 0 Å². The van der Waals surface area contributed by atoms with Crippen LogP contribution in [-0.2, 0) is 18.4 Å². The van der Waals surface area contributed by atoms with Crippen molar-refractivity contribution in [1.29, 1.82) is 0 Å². The topological polar surface area (TPSA) is 78.6 Å². The van der Waals surface area contributed by atoms with Crippen LogP contribution in [0.25, 0.3) is 11.3 Å². The molecule has 0 radical (unpaired) electrons. The highest BCUT2D eigenvalue weighted by molar-refractivity contribution is 5.76. The van der Waals surface area contributed by atoms with Gasteiger partial charge < -0.3 is 10.2 Å². The highest BCUT2D eigenvalue weighted by Crippen LogP contribution is 2.37. The van der Waals surface area contributed by atoms with Crippen LogP contribution in [0.5, 0.6) is 0 Å². The maximum Gasteiger partial charge on any atom is 0.313 e. The highest BCUT2D eigenvalue weighted by Gasteiger charge is 2.48. The largest absolute Gasteiger partial charge is 0.481 e. The predicted octanol–water partition coefficient (Wildman–Crippen LogP) is 3.16. The average Bonchev–Trinajstić information content (AvgIpc) is 3.03. The molecule has 0 aliphatic carbocycles. The van der Waals surface area contributed by atoms with Crippen molar-refractivity contribution in [1.82, 2.24) is 14.7 Å². The van der Waals surface area contributed by atoms with Crippen molar-refractivity contribution in [2.75, 3.05) is 13.1 Å². The lowest BCUT2D eigenvalue weighted by Gasteiger charge is -2.43. The molecule has 2 heterocycles. The molecule has 1 aliphatic heterocycles. The molecule has 0 saturated carbocycles. The molecular weight excluding hydrogens is 354 g/mol. The molecule has 6 heteroatoms. The number of aliphatic hydroxyl groups excluding tert-OH is 1. The maximum absolute atomic E-state index is 12.2. The number of aliphatic hydroxyl groups is 1. The minimum absolute atomic E-state index is 0.360. The van der Waals surface area contributed by atoms with Gasteiger partial charge in [-0.05, 0) is 25.2 Å². The zero-order chi connectivity index (χ0) is 20.3. The summed E-state index contributed by atoms with van der Waals surface area (Å²) in [7, 11) is 1.90. The first-order chi connectivity index (χ1) is 13.3. The number of piperidine rings is 1. The van der Waals surface area contributed by atoms with E-state index in [0.717, 1.165) is 23.2 Å². The summed E-state index contributed by atoms with van der Waals surface area (Å²) in [5.41, 5.74) is 1.96. The lowest BCUT2D eigenvalue weighted by molar-refractivity contribution is -0.165. The molecule has 152 valence electrons. The Bertz CT molecular complexity index is 803. The Morgan fingerprint density at radius 1 is 1.32 bits per heavy atom. The van der Waals surface area contributed by atoms with Crippen LogP contribution in [0.3, 0.4) is 0 Å². The fourth-order valence-corrected chi connectivity index (χ4v) is 4.14. The molecule has 1 saturated heterocycles. The Balaban J connectivity index is 1.83. The van der Waals surface area contributed by atoms with Crippen molar-refractivity contribution in [2.45, 2.75) is 45.8 Å². The van der Waals surface area contributed by atoms with Gasteiger partial charge in [-0.25, -0.2) is 0 Å². The third-order valence-corrected chi connectivity index (χ3v) is 5.80. The lowest BCUT2D eigenvalue weighted by atomic mass is 9.72. The van der Waals surface area contributed by atoms with Gasteiger partial charge in [0.25, 0.3) is 0 Å². The van der Waals surface area contributed by atoms with E-state index in [1.54, 1.807) is 4.68 Å². The van der Waals surface area contributed by atoms with Gasteiger partial charge in [-0.2, -0.15) is 5.10 Å². The molecule has 1 aliphatic rings. The summed E-state index contributed by atoms with van der Waals surface area (Å²) in [5, 5.41) is 25.2. The monoisotopic (exact) mass is 385 g/mol. The lowest BCUT2D eigenvalue weighted by Crippen LogP contribution is -2.55. The predicted molar refractivity (Wildman–Crippen MR) is 109 cm³/mol. The number of hydrogen-bond acceptors (Lipinski definition) is 4. The number of rotatable bonds is 7. The average molecular weight is 386 g/mol. The van der Waals surface area contributed by atoms with Crippen molar-refractivity contribution in [2.24, 2.45) is 18.4 Å². The second kappa shape index (κ2) is 8.45. The van der Waals surface area contributed by atoms with Gasteiger partial charge in [-0.1, -0.05) is 44.2 Å². The summed E-state index contributed by atoms with van der Waals surface area (Å²) in [5.74, 6) is -0.485. The van der Waals surface area contributed by atoms with Crippen LogP contribution in [0.4, 0.5) is 0 Å². The van der Waals surface area contributed by atoms with Gasteiger partial charge in [0.1, 0.15) is 5.41 Å². The SMILES string of the molecule is CC(C)CC[C@@]1(C(=O)O)CN(Cc2cn(C)nc2-c2ccccc2)CC[C@H]1O. The van der Waals surface area contributed by atoms with E-state index < -0.39 is 17.5 Å². The van der Waals surface area contributed by atoms with E-state index >= 15 is 0 Å². The second-order valence-corrected chi connectivity index (χ2v) is 8.45. The Morgan fingerprint density at radius 2 is 2.04 bits per heavy atom. The van der Waals surface area contributed by atoms with Gasteiger partial charge in [0.2, 0.25) is 0 Å². The standard InChI is InChI=1S/C22H31N3O3/c1-16(2)9-11-22(21(27)28)15-25(12-10-19(22)26)14-18-13-24(3)23-20(18)17-7-5-4-6-8-17/h4-8,13,16,19,26H,9-12,14-15H2,1-3H3,(H,27,28)/t19-,22-/m1/s1. The van der Waals surface area contributed by atoms with Crippen LogP contribution in [0.2, 0.25) is 0 Å². The molecular formula is C22H31N3O3. The number of nitrogens with zero attached hydrogens (tertiary/aromatic N) is 3. The Kier molecular flexibility index (Phi) is 6.20. The molecule has 3 rings (SSSR count). The number of carboxylic acid groups (broad SMARTS) is 1. The number of benzene rings is 1. The molecule has 6 nitrogen and oxygen atoms in total. The number of likely N-dealkylation sites (tertiary alicyclic amines) is 1. The fourth-order valence-electron chi connectivity index (χ4n) is 4.14. The van der Waals surface area contributed by atoms with Crippen LogP contribution in [0.15, 0.2) is 36.5 Å². The smallest absolute Gasteiger partial charge is 0.313 e. The normalized spacial score (nSPS) is 23.2.